The Bertz CT molecular complexity index is 413. The van der Waals surface area contributed by atoms with Gasteiger partial charge in [0.1, 0.15) is 11.5 Å². The van der Waals surface area contributed by atoms with Crippen LogP contribution in [-0.4, -0.2) is 19.5 Å². The Kier molecular flexibility index (Phi) is 2.35. The number of rotatable bonds is 3. The van der Waals surface area contributed by atoms with Crippen LogP contribution < -0.4 is 0 Å². The maximum absolute atomic E-state index is 4.31. The van der Waals surface area contributed by atoms with E-state index < -0.39 is 0 Å². The molecular formula is C10H14N4. The van der Waals surface area contributed by atoms with Crippen molar-refractivity contribution in [3.8, 4) is 11.5 Å². The molecule has 0 unspecified atom stereocenters. The van der Waals surface area contributed by atoms with E-state index in [4.69, 9.17) is 0 Å². The van der Waals surface area contributed by atoms with Gasteiger partial charge in [-0.3, -0.25) is 0 Å². The standard InChI is InChI=1S/C10H14N4/c1-3-5-14-6-4-11-10(14)9-7-12-8(2)13-9/h4,6-7H,3,5H2,1-2H3,(H,12,13). The van der Waals surface area contributed by atoms with Crippen LogP contribution in [0.2, 0.25) is 0 Å². The first kappa shape index (κ1) is 8.99. The topological polar surface area (TPSA) is 46.5 Å². The van der Waals surface area contributed by atoms with Crippen LogP contribution in [0.15, 0.2) is 18.6 Å². The van der Waals surface area contributed by atoms with Gasteiger partial charge in [-0.15, -0.1) is 0 Å². The number of aryl methyl sites for hydroxylation is 2. The molecule has 0 aliphatic rings. The maximum Gasteiger partial charge on any atom is 0.158 e. The Morgan fingerprint density at radius 1 is 1.43 bits per heavy atom. The zero-order chi connectivity index (χ0) is 9.97. The molecule has 1 N–H and O–H groups in total. The first-order valence-corrected chi connectivity index (χ1v) is 4.84. The molecule has 0 aliphatic carbocycles. The first-order valence-electron chi connectivity index (χ1n) is 4.84. The molecular weight excluding hydrogens is 176 g/mol. The zero-order valence-corrected chi connectivity index (χ0v) is 8.49. The molecule has 0 amide bonds. The Hall–Kier alpha value is -1.58. The van der Waals surface area contributed by atoms with Crippen LogP contribution in [-0.2, 0) is 6.54 Å². The lowest BCUT2D eigenvalue weighted by atomic mass is 10.4. The molecule has 4 heteroatoms. The van der Waals surface area contributed by atoms with E-state index in [2.05, 4.69) is 26.4 Å². The van der Waals surface area contributed by atoms with E-state index in [1.807, 2.05) is 25.5 Å². The van der Waals surface area contributed by atoms with Crippen LogP contribution >= 0.6 is 0 Å². The molecule has 2 heterocycles. The summed E-state index contributed by atoms with van der Waals surface area (Å²) in [5.41, 5.74) is 0.987. The summed E-state index contributed by atoms with van der Waals surface area (Å²) >= 11 is 0. The molecule has 0 radical (unpaired) electrons. The molecule has 0 fully saturated rings. The Labute approximate surface area is 83.0 Å². The molecule has 14 heavy (non-hydrogen) atoms. The monoisotopic (exact) mass is 190 g/mol. The summed E-state index contributed by atoms with van der Waals surface area (Å²) in [6.07, 6.45) is 6.75. The second-order valence-corrected chi connectivity index (χ2v) is 3.33. The molecule has 2 aromatic heterocycles. The van der Waals surface area contributed by atoms with E-state index in [1.54, 1.807) is 0 Å². The molecule has 0 spiro atoms. The van der Waals surface area contributed by atoms with E-state index in [-0.39, 0.29) is 0 Å². The van der Waals surface area contributed by atoms with Crippen LogP contribution in [0.1, 0.15) is 19.2 Å². The molecule has 2 aromatic rings. The summed E-state index contributed by atoms with van der Waals surface area (Å²) in [7, 11) is 0. The fourth-order valence-corrected chi connectivity index (χ4v) is 1.51. The molecule has 0 saturated heterocycles. The van der Waals surface area contributed by atoms with Gasteiger partial charge in [-0.2, -0.15) is 0 Å². The van der Waals surface area contributed by atoms with Crippen LogP contribution in [0, 0.1) is 6.92 Å². The summed E-state index contributed by atoms with van der Waals surface area (Å²) in [6.45, 7) is 5.09. The van der Waals surface area contributed by atoms with Crippen LogP contribution in [0.5, 0.6) is 0 Å². The third kappa shape index (κ3) is 1.55. The Morgan fingerprint density at radius 3 is 2.93 bits per heavy atom. The van der Waals surface area contributed by atoms with Crippen molar-refractivity contribution >= 4 is 0 Å². The summed E-state index contributed by atoms with van der Waals surface area (Å²) < 4.78 is 2.13. The fraction of sp³-hybridized carbons (Fsp3) is 0.400. The minimum absolute atomic E-state index is 0.922. The van der Waals surface area contributed by atoms with Gasteiger partial charge in [-0.05, 0) is 13.3 Å². The average molecular weight is 190 g/mol. The summed E-state index contributed by atoms with van der Waals surface area (Å²) in [5, 5.41) is 0. The number of nitrogens with zero attached hydrogens (tertiary/aromatic N) is 3. The average Bonchev–Trinajstić information content (AvgIpc) is 2.74. The van der Waals surface area contributed by atoms with Gasteiger partial charge in [0.15, 0.2) is 5.82 Å². The Morgan fingerprint density at radius 2 is 2.29 bits per heavy atom. The number of aromatic amines is 1. The molecule has 0 aromatic carbocycles. The highest BCUT2D eigenvalue weighted by atomic mass is 15.1. The highest BCUT2D eigenvalue weighted by molar-refractivity contribution is 5.48. The maximum atomic E-state index is 4.31. The van der Waals surface area contributed by atoms with Crippen molar-refractivity contribution in [1.82, 2.24) is 19.5 Å². The normalized spacial score (nSPS) is 10.7. The lowest BCUT2D eigenvalue weighted by Gasteiger charge is -2.03. The van der Waals surface area contributed by atoms with Crippen molar-refractivity contribution in [3.63, 3.8) is 0 Å². The predicted octanol–water partition coefficient (Wildman–Crippen LogP) is 1.99. The smallest absolute Gasteiger partial charge is 0.158 e. The van der Waals surface area contributed by atoms with Crippen molar-refractivity contribution in [2.75, 3.05) is 0 Å². The number of H-pyrrole nitrogens is 1. The molecule has 0 aliphatic heterocycles. The minimum Gasteiger partial charge on any atom is -0.340 e. The second kappa shape index (κ2) is 3.65. The van der Waals surface area contributed by atoms with E-state index >= 15 is 0 Å². The predicted molar refractivity (Wildman–Crippen MR) is 54.8 cm³/mol. The Balaban J connectivity index is 2.36. The van der Waals surface area contributed by atoms with Crippen LogP contribution in [0.3, 0.4) is 0 Å². The van der Waals surface area contributed by atoms with Gasteiger partial charge in [-0.25, -0.2) is 9.97 Å². The van der Waals surface area contributed by atoms with Gasteiger partial charge in [0.05, 0.1) is 6.20 Å². The van der Waals surface area contributed by atoms with Gasteiger partial charge in [0.25, 0.3) is 0 Å². The van der Waals surface area contributed by atoms with Crippen molar-refractivity contribution < 1.29 is 0 Å². The van der Waals surface area contributed by atoms with Crippen molar-refractivity contribution in [3.05, 3.63) is 24.4 Å². The third-order valence-electron chi connectivity index (χ3n) is 2.12. The van der Waals surface area contributed by atoms with Gasteiger partial charge >= 0.3 is 0 Å². The fourth-order valence-electron chi connectivity index (χ4n) is 1.51. The van der Waals surface area contributed by atoms with Crippen LogP contribution in [0.25, 0.3) is 11.5 Å². The highest BCUT2D eigenvalue weighted by Crippen LogP contribution is 2.14. The SMILES string of the molecule is CCCn1ccnc1-c1cnc(C)[nH]1. The summed E-state index contributed by atoms with van der Waals surface area (Å²) in [5.74, 6) is 1.89. The lowest BCUT2D eigenvalue weighted by molar-refractivity contribution is 0.684. The second-order valence-electron chi connectivity index (χ2n) is 3.33. The zero-order valence-electron chi connectivity index (χ0n) is 8.49. The number of aromatic nitrogens is 4. The first-order chi connectivity index (χ1) is 6.81. The summed E-state index contributed by atoms with van der Waals surface area (Å²) in [6, 6.07) is 0. The van der Waals surface area contributed by atoms with E-state index in [0.29, 0.717) is 0 Å². The highest BCUT2D eigenvalue weighted by Gasteiger charge is 2.06. The van der Waals surface area contributed by atoms with Crippen molar-refractivity contribution in [2.24, 2.45) is 0 Å². The molecule has 0 atom stereocenters. The lowest BCUT2D eigenvalue weighted by Crippen LogP contribution is -1.98. The van der Waals surface area contributed by atoms with Gasteiger partial charge in [-0.1, -0.05) is 6.92 Å². The molecule has 2 rings (SSSR count). The van der Waals surface area contributed by atoms with Gasteiger partial charge in [0.2, 0.25) is 0 Å². The van der Waals surface area contributed by atoms with E-state index in [1.165, 1.54) is 0 Å². The molecule has 0 bridgehead atoms. The largest absolute Gasteiger partial charge is 0.340 e. The van der Waals surface area contributed by atoms with Gasteiger partial charge < -0.3 is 9.55 Å². The number of imidazole rings is 2. The molecule has 74 valence electrons. The van der Waals surface area contributed by atoms with Crippen LogP contribution in [0.4, 0.5) is 0 Å². The summed E-state index contributed by atoms with van der Waals surface area (Å²) in [4.78, 5) is 11.7. The quantitative estimate of drug-likeness (QED) is 0.804. The molecule has 4 nitrogen and oxygen atoms in total. The van der Waals surface area contributed by atoms with E-state index in [0.717, 1.165) is 30.3 Å². The number of nitrogens with one attached hydrogen (secondary N) is 1. The minimum atomic E-state index is 0.922. The third-order valence-corrected chi connectivity index (χ3v) is 2.12. The number of hydrogen-bond acceptors (Lipinski definition) is 2. The van der Waals surface area contributed by atoms with Crippen molar-refractivity contribution in [2.45, 2.75) is 26.8 Å². The molecule has 0 saturated carbocycles. The van der Waals surface area contributed by atoms with Gasteiger partial charge in [0, 0.05) is 18.9 Å². The number of hydrogen-bond donors (Lipinski definition) is 1. The van der Waals surface area contributed by atoms with E-state index in [9.17, 15) is 0 Å². The van der Waals surface area contributed by atoms with Crippen molar-refractivity contribution in [1.29, 1.82) is 0 Å².